The highest BCUT2D eigenvalue weighted by Crippen LogP contribution is 2.41. The molecule has 0 bridgehead atoms. The molecule has 0 aliphatic rings. The maximum absolute atomic E-state index is 13.6. The summed E-state index contributed by atoms with van der Waals surface area (Å²) in [4.78, 5) is 46.3. The van der Waals surface area contributed by atoms with Crippen LogP contribution in [0.15, 0.2) is 54.9 Å². The molecule has 0 aliphatic heterocycles. The third-order valence-electron chi connectivity index (χ3n) is 5.76. The minimum Gasteiger partial charge on any atom is -0.494 e. The zero-order valence-electron chi connectivity index (χ0n) is 19.7. The summed E-state index contributed by atoms with van der Waals surface area (Å²) in [5.41, 5.74) is 4.84. The number of H-pyrrole nitrogens is 1. The molecule has 178 valence electrons. The van der Waals surface area contributed by atoms with Gasteiger partial charge in [0.05, 0.1) is 54.1 Å². The predicted octanol–water partition coefficient (Wildman–Crippen LogP) is 4.18. The molecular weight excluding hydrogens is 448 g/mol. The van der Waals surface area contributed by atoms with E-state index in [0.29, 0.717) is 23.4 Å². The molecule has 0 unspecified atom stereocenters. The Morgan fingerprint density at radius 1 is 1.06 bits per heavy atom. The Kier molecular flexibility index (Phi) is 6.50. The third kappa shape index (κ3) is 4.19. The molecule has 1 heterocycles. The van der Waals surface area contributed by atoms with Gasteiger partial charge in [0.2, 0.25) is 6.41 Å². The number of hydrogen-bond acceptors (Lipinski definition) is 6. The van der Waals surface area contributed by atoms with Gasteiger partial charge in [0, 0.05) is 18.2 Å². The summed E-state index contributed by atoms with van der Waals surface area (Å²) < 4.78 is 10.6. The fourth-order valence-electron chi connectivity index (χ4n) is 4.08. The second kappa shape index (κ2) is 9.68. The summed E-state index contributed by atoms with van der Waals surface area (Å²) in [6, 6.07) is 14.1. The van der Waals surface area contributed by atoms with Crippen molar-refractivity contribution in [1.82, 2.24) is 9.97 Å². The summed E-state index contributed by atoms with van der Waals surface area (Å²) >= 11 is 0. The number of aromatic amines is 1. The fourth-order valence-corrected chi connectivity index (χ4v) is 4.08. The Bertz CT molecular complexity index is 1440. The summed E-state index contributed by atoms with van der Waals surface area (Å²) in [7, 11) is 4.30. The van der Waals surface area contributed by atoms with E-state index in [0.717, 1.165) is 22.2 Å². The average Bonchev–Trinajstić information content (AvgIpc) is 3.36. The molecule has 0 atom stereocenters. The number of carbonyl (C=O) groups excluding carboxylic acids is 3. The number of methoxy groups -OCH3 is 2. The summed E-state index contributed by atoms with van der Waals surface area (Å²) in [5, 5.41) is 2.62. The standard InChI is InChI=1S/C26H24N4O5/c1-15-8-11-21(19(12-15)26(33)35-4)30(2)25(32)18-10-9-17(24(34-3)23(18)29-14-31)16-6-5-7-20-22(16)28-13-27-20/h5-14H,1-4H3,(H,27,28)(H,29,31). The van der Waals surface area contributed by atoms with Gasteiger partial charge < -0.3 is 24.7 Å². The zero-order valence-corrected chi connectivity index (χ0v) is 19.7. The molecule has 0 saturated carbocycles. The molecule has 2 N–H and O–H groups in total. The molecule has 4 aromatic rings. The molecule has 3 aromatic carbocycles. The molecule has 1 aromatic heterocycles. The van der Waals surface area contributed by atoms with E-state index in [2.05, 4.69) is 15.3 Å². The van der Waals surface area contributed by atoms with Crippen LogP contribution in [0, 0.1) is 6.92 Å². The van der Waals surface area contributed by atoms with Crippen LogP contribution in [0.1, 0.15) is 26.3 Å². The highest BCUT2D eigenvalue weighted by atomic mass is 16.5. The lowest BCUT2D eigenvalue weighted by molar-refractivity contribution is -0.105. The Morgan fingerprint density at radius 2 is 1.86 bits per heavy atom. The maximum atomic E-state index is 13.6. The minimum atomic E-state index is -0.561. The van der Waals surface area contributed by atoms with Crippen molar-refractivity contribution in [3.8, 4) is 16.9 Å². The SMILES string of the molecule is COC(=O)c1cc(C)ccc1N(C)C(=O)c1ccc(-c2cccc3[nH]cnc23)c(OC)c1NC=O. The van der Waals surface area contributed by atoms with Crippen molar-refractivity contribution in [1.29, 1.82) is 0 Å². The van der Waals surface area contributed by atoms with Gasteiger partial charge in [-0.05, 0) is 37.3 Å². The molecule has 4 rings (SSSR count). The highest BCUT2D eigenvalue weighted by molar-refractivity contribution is 6.14. The van der Waals surface area contributed by atoms with Gasteiger partial charge in [0.1, 0.15) is 0 Å². The van der Waals surface area contributed by atoms with Crippen molar-refractivity contribution in [2.24, 2.45) is 0 Å². The van der Waals surface area contributed by atoms with Crippen LogP contribution in [0.4, 0.5) is 11.4 Å². The monoisotopic (exact) mass is 472 g/mol. The van der Waals surface area contributed by atoms with Crippen LogP contribution in [0.5, 0.6) is 5.75 Å². The number of esters is 1. The van der Waals surface area contributed by atoms with Crippen LogP contribution in [-0.4, -0.2) is 49.5 Å². The lowest BCUT2D eigenvalue weighted by Gasteiger charge is -2.23. The van der Waals surface area contributed by atoms with Gasteiger partial charge >= 0.3 is 5.97 Å². The van der Waals surface area contributed by atoms with Crippen LogP contribution in [-0.2, 0) is 9.53 Å². The van der Waals surface area contributed by atoms with Gasteiger partial charge in [-0.1, -0.05) is 23.8 Å². The number of imidazole rings is 1. The van der Waals surface area contributed by atoms with Crippen LogP contribution in [0.3, 0.4) is 0 Å². The number of carbonyl (C=O) groups is 3. The van der Waals surface area contributed by atoms with E-state index in [4.69, 9.17) is 9.47 Å². The number of fused-ring (bicyclic) bond motifs is 1. The topological polar surface area (TPSA) is 114 Å². The third-order valence-corrected chi connectivity index (χ3v) is 5.76. The number of amides is 2. The van der Waals surface area contributed by atoms with E-state index < -0.39 is 11.9 Å². The molecule has 0 spiro atoms. The molecule has 0 saturated heterocycles. The van der Waals surface area contributed by atoms with Gasteiger partial charge in [0.25, 0.3) is 5.91 Å². The first kappa shape index (κ1) is 23.5. The molecule has 9 heteroatoms. The number of anilines is 2. The number of benzene rings is 3. The molecular formula is C26H24N4O5. The smallest absolute Gasteiger partial charge is 0.339 e. The second-order valence-corrected chi connectivity index (χ2v) is 7.81. The normalized spacial score (nSPS) is 10.6. The van der Waals surface area contributed by atoms with Crippen molar-refractivity contribution in [3.05, 3.63) is 71.5 Å². The van der Waals surface area contributed by atoms with E-state index in [1.165, 1.54) is 19.1 Å². The Hall–Kier alpha value is -4.66. The molecule has 35 heavy (non-hydrogen) atoms. The van der Waals surface area contributed by atoms with E-state index in [1.807, 2.05) is 25.1 Å². The second-order valence-electron chi connectivity index (χ2n) is 7.81. The van der Waals surface area contributed by atoms with Crippen molar-refractivity contribution in [2.45, 2.75) is 6.92 Å². The quantitative estimate of drug-likeness (QED) is 0.308. The summed E-state index contributed by atoms with van der Waals surface area (Å²) in [6.07, 6.45) is 2.08. The lowest BCUT2D eigenvalue weighted by atomic mass is 9.98. The molecule has 0 radical (unpaired) electrons. The van der Waals surface area contributed by atoms with Gasteiger partial charge in [-0.2, -0.15) is 0 Å². The van der Waals surface area contributed by atoms with Gasteiger partial charge in [-0.25, -0.2) is 9.78 Å². The van der Waals surface area contributed by atoms with Gasteiger partial charge in [0.15, 0.2) is 5.75 Å². The lowest BCUT2D eigenvalue weighted by Crippen LogP contribution is -2.29. The van der Waals surface area contributed by atoms with Crippen molar-refractivity contribution < 1.29 is 23.9 Å². The average molecular weight is 473 g/mol. The van der Waals surface area contributed by atoms with Crippen molar-refractivity contribution >= 4 is 40.7 Å². The fraction of sp³-hybridized carbons (Fsp3) is 0.154. The zero-order chi connectivity index (χ0) is 25.1. The first-order valence-corrected chi connectivity index (χ1v) is 10.7. The number of para-hydroxylation sites is 1. The van der Waals surface area contributed by atoms with E-state index in [1.54, 1.807) is 43.7 Å². The summed E-state index contributed by atoms with van der Waals surface area (Å²) in [5.74, 6) is -0.704. The number of aryl methyl sites for hydroxylation is 1. The number of rotatable bonds is 7. The van der Waals surface area contributed by atoms with Crippen LogP contribution in [0.2, 0.25) is 0 Å². The van der Waals surface area contributed by atoms with Gasteiger partial charge in [-0.15, -0.1) is 0 Å². The predicted molar refractivity (Wildman–Crippen MR) is 133 cm³/mol. The van der Waals surface area contributed by atoms with Crippen LogP contribution in [0.25, 0.3) is 22.2 Å². The summed E-state index contributed by atoms with van der Waals surface area (Å²) in [6.45, 7) is 1.84. The van der Waals surface area contributed by atoms with Crippen molar-refractivity contribution in [2.75, 3.05) is 31.5 Å². The van der Waals surface area contributed by atoms with E-state index in [9.17, 15) is 14.4 Å². The van der Waals surface area contributed by atoms with Crippen molar-refractivity contribution in [3.63, 3.8) is 0 Å². The van der Waals surface area contributed by atoms with Crippen LogP contribution < -0.4 is 15.0 Å². The molecule has 0 aliphatic carbocycles. The first-order chi connectivity index (χ1) is 16.9. The molecule has 2 amide bonds. The number of ether oxygens (including phenoxy) is 2. The minimum absolute atomic E-state index is 0.186. The van der Waals surface area contributed by atoms with E-state index in [-0.39, 0.29) is 16.8 Å². The highest BCUT2D eigenvalue weighted by Gasteiger charge is 2.26. The Morgan fingerprint density at radius 3 is 2.57 bits per heavy atom. The largest absolute Gasteiger partial charge is 0.494 e. The Labute approximate surface area is 201 Å². The maximum Gasteiger partial charge on any atom is 0.339 e. The number of aromatic nitrogens is 2. The first-order valence-electron chi connectivity index (χ1n) is 10.7. The number of hydrogen-bond donors (Lipinski definition) is 2. The molecule has 0 fully saturated rings. The number of nitrogens with one attached hydrogen (secondary N) is 2. The molecule has 9 nitrogen and oxygen atoms in total. The van der Waals surface area contributed by atoms with Gasteiger partial charge in [-0.3, -0.25) is 9.59 Å². The van der Waals surface area contributed by atoms with E-state index >= 15 is 0 Å². The van der Waals surface area contributed by atoms with Crippen LogP contribution >= 0.6 is 0 Å². The Balaban J connectivity index is 1.85. The number of nitrogens with zero attached hydrogens (tertiary/aromatic N) is 2.